The van der Waals surface area contributed by atoms with Gasteiger partial charge in [-0.15, -0.1) is 10.2 Å². The Morgan fingerprint density at radius 1 is 1.10 bits per heavy atom. The van der Waals surface area contributed by atoms with Crippen LogP contribution in [0.25, 0.3) is 0 Å². The zero-order chi connectivity index (χ0) is 21.6. The van der Waals surface area contributed by atoms with E-state index in [2.05, 4.69) is 27.2 Å². The summed E-state index contributed by atoms with van der Waals surface area (Å²) in [6.07, 6.45) is 4.08. The van der Waals surface area contributed by atoms with Crippen LogP contribution in [0.1, 0.15) is 41.6 Å². The largest absolute Gasteiger partial charge is 0.296 e. The van der Waals surface area contributed by atoms with Gasteiger partial charge in [0, 0.05) is 12.0 Å². The zero-order valence-electron chi connectivity index (χ0n) is 16.3. The van der Waals surface area contributed by atoms with Crippen molar-refractivity contribution in [3.63, 3.8) is 0 Å². The minimum absolute atomic E-state index is 0.0485. The topological polar surface area (TPSA) is 101 Å². The first-order valence-corrected chi connectivity index (χ1v) is 12.1. The zero-order valence-corrected chi connectivity index (χ0v) is 18.6. The SMILES string of the molecule is CCCCCc1nnc(NC(=O)c2cccc(S(=O)(=O)Nc3ccccc3Cl)c2)s1. The molecule has 158 valence electrons. The Bertz CT molecular complexity index is 1130. The van der Waals surface area contributed by atoms with Crippen LogP contribution in [0.2, 0.25) is 5.02 Å². The second kappa shape index (κ2) is 10.0. The number of hydrogen-bond donors (Lipinski definition) is 2. The summed E-state index contributed by atoms with van der Waals surface area (Å²) in [5, 5.41) is 12.3. The Morgan fingerprint density at radius 2 is 1.90 bits per heavy atom. The van der Waals surface area contributed by atoms with Crippen LogP contribution in [-0.2, 0) is 16.4 Å². The molecule has 0 fully saturated rings. The molecule has 0 saturated heterocycles. The lowest BCUT2D eigenvalue weighted by Gasteiger charge is -2.10. The van der Waals surface area contributed by atoms with E-state index in [-0.39, 0.29) is 21.2 Å². The van der Waals surface area contributed by atoms with Gasteiger partial charge in [0.05, 0.1) is 15.6 Å². The number of carbonyl (C=O) groups excluding carboxylic acids is 1. The predicted molar refractivity (Wildman–Crippen MR) is 120 cm³/mol. The molecule has 1 heterocycles. The van der Waals surface area contributed by atoms with Crippen molar-refractivity contribution < 1.29 is 13.2 Å². The van der Waals surface area contributed by atoms with Crippen LogP contribution in [0.5, 0.6) is 0 Å². The number of anilines is 2. The molecule has 0 spiro atoms. The van der Waals surface area contributed by atoms with E-state index in [1.807, 2.05) is 0 Å². The van der Waals surface area contributed by atoms with Gasteiger partial charge >= 0.3 is 0 Å². The minimum Gasteiger partial charge on any atom is -0.296 e. The lowest BCUT2D eigenvalue weighted by Crippen LogP contribution is -2.16. The Labute approximate surface area is 184 Å². The summed E-state index contributed by atoms with van der Waals surface area (Å²) >= 11 is 7.35. The van der Waals surface area contributed by atoms with Crippen LogP contribution in [0.15, 0.2) is 53.4 Å². The van der Waals surface area contributed by atoms with E-state index in [4.69, 9.17) is 11.6 Å². The van der Waals surface area contributed by atoms with E-state index in [0.29, 0.717) is 5.13 Å². The number of benzene rings is 2. The summed E-state index contributed by atoms with van der Waals surface area (Å²) in [6.45, 7) is 2.13. The van der Waals surface area contributed by atoms with Crippen molar-refractivity contribution in [2.45, 2.75) is 37.5 Å². The van der Waals surface area contributed by atoms with Crippen molar-refractivity contribution in [1.82, 2.24) is 10.2 Å². The lowest BCUT2D eigenvalue weighted by atomic mass is 10.2. The molecule has 3 rings (SSSR count). The van der Waals surface area contributed by atoms with Gasteiger partial charge in [-0.25, -0.2) is 8.42 Å². The molecule has 7 nitrogen and oxygen atoms in total. The van der Waals surface area contributed by atoms with Crippen LogP contribution in [0.3, 0.4) is 0 Å². The quantitative estimate of drug-likeness (QED) is 0.435. The smallest absolute Gasteiger partial charge is 0.261 e. The summed E-state index contributed by atoms with van der Waals surface area (Å²) in [5.41, 5.74) is 0.457. The molecule has 30 heavy (non-hydrogen) atoms. The second-order valence-corrected chi connectivity index (χ2v) is 9.68. The molecule has 3 aromatic rings. The van der Waals surface area contributed by atoms with Crippen LogP contribution in [-0.4, -0.2) is 24.5 Å². The van der Waals surface area contributed by atoms with E-state index in [9.17, 15) is 13.2 Å². The number of aryl methyl sites for hydroxylation is 1. The number of hydrogen-bond acceptors (Lipinski definition) is 6. The normalized spacial score (nSPS) is 11.3. The molecule has 0 aliphatic carbocycles. The second-order valence-electron chi connectivity index (χ2n) is 6.53. The van der Waals surface area contributed by atoms with E-state index in [1.165, 1.54) is 35.6 Å². The molecule has 0 atom stereocenters. The highest BCUT2D eigenvalue weighted by molar-refractivity contribution is 7.92. The number of sulfonamides is 1. The van der Waals surface area contributed by atoms with Crippen molar-refractivity contribution >= 4 is 49.7 Å². The van der Waals surface area contributed by atoms with Crippen LogP contribution >= 0.6 is 22.9 Å². The van der Waals surface area contributed by atoms with Crippen LogP contribution < -0.4 is 10.0 Å². The third-order valence-electron chi connectivity index (χ3n) is 4.21. The maximum Gasteiger partial charge on any atom is 0.261 e. The summed E-state index contributed by atoms with van der Waals surface area (Å²) < 4.78 is 27.8. The highest BCUT2D eigenvalue weighted by Gasteiger charge is 2.18. The van der Waals surface area contributed by atoms with Crippen molar-refractivity contribution in [2.24, 2.45) is 0 Å². The molecule has 1 amide bonds. The summed E-state index contributed by atoms with van der Waals surface area (Å²) in [4.78, 5) is 12.5. The Kier molecular flexibility index (Phi) is 7.41. The number of para-hydroxylation sites is 1. The standard InChI is InChI=1S/C20H21ClN4O3S2/c1-2-3-4-12-18-23-24-20(29-18)22-19(26)14-8-7-9-15(13-14)30(27,28)25-17-11-6-5-10-16(17)21/h5-11,13,25H,2-4,12H2,1H3,(H,22,24,26). The monoisotopic (exact) mass is 464 g/mol. The first-order chi connectivity index (χ1) is 14.4. The van der Waals surface area contributed by atoms with E-state index in [0.717, 1.165) is 30.7 Å². The Hall–Kier alpha value is -2.49. The summed E-state index contributed by atoms with van der Waals surface area (Å²) in [5.74, 6) is -0.457. The van der Waals surface area contributed by atoms with Crippen LogP contribution in [0, 0.1) is 0 Å². The number of rotatable bonds is 9. The summed E-state index contributed by atoms with van der Waals surface area (Å²) in [6, 6.07) is 12.3. The fraction of sp³-hybridized carbons (Fsp3) is 0.250. The van der Waals surface area contributed by atoms with Crippen molar-refractivity contribution in [2.75, 3.05) is 10.0 Å². The predicted octanol–water partition coefficient (Wildman–Crippen LogP) is 4.98. The first-order valence-electron chi connectivity index (χ1n) is 9.40. The number of nitrogens with one attached hydrogen (secondary N) is 2. The number of amides is 1. The molecule has 0 aliphatic heterocycles. The first kappa shape index (κ1) is 22.2. The third kappa shape index (κ3) is 5.78. The minimum atomic E-state index is -3.91. The molecule has 0 radical (unpaired) electrons. The molecule has 0 bridgehead atoms. The van der Waals surface area contributed by atoms with Crippen molar-refractivity contribution in [1.29, 1.82) is 0 Å². The van der Waals surface area contributed by atoms with Gasteiger partial charge in [0.1, 0.15) is 5.01 Å². The van der Waals surface area contributed by atoms with Gasteiger partial charge in [-0.05, 0) is 36.8 Å². The number of carbonyl (C=O) groups is 1. The Balaban J connectivity index is 1.71. The highest BCUT2D eigenvalue weighted by atomic mass is 35.5. The molecule has 2 aromatic carbocycles. The highest BCUT2D eigenvalue weighted by Crippen LogP contribution is 2.25. The van der Waals surface area contributed by atoms with Gasteiger partial charge < -0.3 is 0 Å². The molecule has 0 unspecified atom stereocenters. The number of unbranched alkanes of at least 4 members (excludes halogenated alkanes) is 2. The van der Waals surface area contributed by atoms with Gasteiger partial charge in [-0.1, -0.05) is 60.9 Å². The number of nitrogens with zero attached hydrogens (tertiary/aromatic N) is 2. The van der Waals surface area contributed by atoms with E-state index >= 15 is 0 Å². The van der Waals surface area contributed by atoms with Gasteiger partial charge in [0.25, 0.3) is 15.9 Å². The fourth-order valence-electron chi connectivity index (χ4n) is 2.65. The summed E-state index contributed by atoms with van der Waals surface area (Å²) in [7, 11) is -3.91. The third-order valence-corrected chi connectivity index (χ3v) is 6.80. The van der Waals surface area contributed by atoms with E-state index < -0.39 is 15.9 Å². The van der Waals surface area contributed by atoms with Crippen molar-refractivity contribution in [3.05, 3.63) is 64.1 Å². The number of halogens is 1. The van der Waals surface area contributed by atoms with E-state index in [1.54, 1.807) is 24.3 Å². The fourth-order valence-corrected chi connectivity index (χ4v) is 4.79. The van der Waals surface area contributed by atoms with Gasteiger partial charge in [-0.3, -0.25) is 14.8 Å². The van der Waals surface area contributed by atoms with Crippen molar-refractivity contribution in [3.8, 4) is 0 Å². The molecular weight excluding hydrogens is 444 g/mol. The van der Waals surface area contributed by atoms with Gasteiger partial charge in [0.2, 0.25) is 5.13 Å². The lowest BCUT2D eigenvalue weighted by molar-refractivity contribution is 0.102. The maximum atomic E-state index is 12.7. The van der Waals surface area contributed by atoms with Crippen LogP contribution in [0.4, 0.5) is 10.8 Å². The average molecular weight is 465 g/mol. The molecular formula is C20H21ClN4O3S2. The Morgan fingerprint density at radius 3 is 2.67 bits per heavy atom. The number of aromatic nitrogens is 2. The molecule has 1 aromatic heterocycles. The molecule has 0 aliphatic rings. The molecule has 2 N–H and O–H groups in total. The van der Waals surface area contributed by atoms with Gasteiger partial charge in [-0.2, -0.15) is 0 Å². The average Bonchev–Trinajstić information content (AvgIpc) is 3.17. The maximum absolute atomic E-state index is 12.7. The molecule has 10 heteroatoms. The molecule has 0 saturated carbocycles. The van der Waals surface area contributed by atoms with Gasteiger partial charge in [0.15, 0.2) is 0 Å².